The van der Waals surface area contributed by atoms with Gasteiger partial charge in [-0.1, -0.05) is 38.1 Å². The number of aryl methyl sites for hydroxylation is 1. The van der Waals surface area contributed by atoms with Crippen molar-refractivity contribution < 1.29 is 17.7 Å². The third-order valence-corrected chi connectivity index (χ3v) is 5.28. The lowest BCUT2D eigenvalue weighted by atomic mass is 9.99. The summed E-state index contributed by atoms with van der Waals surface area (Å²) in [5, 5.41) is 0. The van der Waals surface area contributed by atoms with E-state index in [0.29, 0.717) is 12.5 Å². The Morgan fingerprint density at radius 1 is 1.00 bits per heavy atom. The molecule has 0 spiro atoms. The van der Waals surface area contributed by atoms with Crippen LogP contribution < -0.4 is 4.74 Å². The number of hydrogen-bond donors (Lipinski definition) is 1. The van der Waals surface area contributed by atoms with Gasteiger partial charge in [-0.2, -0.15) is 8.42 Å². The highest BCUT2D eigenvalue weighted by Crippen LogP contribution is 2.21. The zero-order valence-corrected chi connectivity index (χ0v) is 15.6. The minimum atomic E-state index is -4.11. The van der Waals surface area contributed by atoms with Crippen LogP contribution in [0.5, 0.6) is 5.75 Å². The molecule has 25 heavy (non-hydrogen) atoms. The van der Waals surface area contributed by atoms with Crippen LogP contribution in [0.15, 0.2) is 53.4 Å². The average Bonchev–Trinajstić information content (AvgIpc) is 2.61. The molecule has 0 bridgehead atoms. The fourth-order valence-corrected chi connectivity index (χ4v) is 3.06. The van der Waals surface area contributed by atoms with Crippen LogP contribution in [0, 0.1) is 0 Å². The summed E-state index contributed by atoms with van der Waals surface area (Å²) in [4.78, 5) is -0.0691. The molecule has 1 unspecified atom stereocenters. The normalized spacial score (nSPS) is 12.8. The van der Waals surface area contributed by atoms with Crippen molar-refractivity contribution in [3.05, 3.63) is 59.7 Å². The number of hydrogen-bond acceptors (Lipinski definition) is 3. The monoisotopic (exact) mass is 362 g/mol. The molecule has 0 aliphatic carbocycles. The maximum Gasteiger partial charge on any atom is 0.294 e. The predicted molar refractivity (Wildman–Crippen MR) is 99.8 cm³/mol. The Morgan fingerprint density at radius 3 is 2.20 bits per heavy atom. The van der Waals surface area contributed by atoms with Crippen LogP contribution in [0.25, 0.3) is 0 Å². The van der Waals surface area contributed by atoms with E-state index in [4.69, 9.17) is 9.29 Å². The molecule has 0 amide bonds. The van der Waals surface area contributed by atoms with Crippen LogP contribution in [0.3, 0.4) is 0 Å². The maximum atomic E-state index is 11.0. The van der Waals surface area contributed by atoms with Crippen LogP contribution >= 0.6 is 0 Å². The molecule has 0 saturated carbocycles. The second kappa shape index (κ2) is 9.02. The number of rotatable bonds is 9. The minimum absolute atomic E-state index is 0.0691. The Kier molecular flexibility index (Phi) is 7.02. The van der Waals surface area contributed by atoms with Crippen molar-refractivity contribution in [2.24, 2.45) is 0 Å². The van der Waals surface area contributed by atoms with Gasteiger partial charge in [-0.15, -0.1) is 0 Å². The molecule has 0 aliphatic rings. The summed E-state index contributed by atoms with van der Waals surface area (Å²) in [6.07, 6.45) is 3.86. The summed E-state index contributed by atoms with van der Waals surface area (Å²) in [7, 11) is -4.11. The smallest absolute Gasteiger partial charge is 0.294 e. The van der Waals surface area contributed by atoms with Gasteiger partial charge in [-0.05, 0) is 67.0 Å². The van der Waals surface area contributed by atoms with Gasteiger partial charge in [-0.25, -0.2) is 0 Å². The van der Waals surface area contributed by atoms with Gasteiger partial charge >= 0.3 is 0 Å². The summed E-state index contributed by atoms with van der Waals surface area (Å²) >= 11 is 0. The van der Waals surface area contributed by atoms with Crippen LogP contribution in [-0.2, 0) is 16.5 Å². The molecule has 136 valence electrons. The Morgan fingerprint density at radius 2 is 1.64 bits per heavy atom. The third kappa shape index (κ3) is 6.18. The molecule has 0 fully saturated rings. The van der Waals surface area contributed by atoms with Crippen molar-refractivity contribution in [2.45, 2.75) is 50.3 Å². The molecule has 0 aliphatic heterocycles. The van der Waals surface area contributed by atoms with Crippen molar-refractivity contribution in [1.82, 2.24) is 0 Å². The molecule has 2 aromatic carbocycles. The van der Waals surface area contributed by atoms with Gasteiger partial charge in [0.05, 0.1) is 11.5 Å². The molecule has 0 aromatic heterocycles. The van der Waals surface area contributed by atoms with Crippen LogP contribution in [-0.4, -0.2) is 19.6 Å². The lowest BCUT2D eigenvalue weighted by Gasteiger charge is -2.11. The standard InChI is InChI=1S/C20H26O4S/c1-3-16(2)18-9-11-19(12-10-18)24-15-5-4-6-17-7-13-20(14-8-17)25(21,22)23/h7-14,16H,3-6,15H2,1-2H3,(H,21,22,23). The molecule has 0 radical (unpaired) electrons. The summed E-state index contributed by atoms with van der Waals surface area (Å²) in [5.41, 5.74) is 2.38. The lowest BCUT2D eigenvalue weighted by Crippen LogP contribution is -2.00. The second-order valence-corrected chi connectivity index (χ2v) is 7.72. The average molecular weight is 362 g/mol. The second-order valence-electron chi connectivity index (χ2n) is 6.30. The van der Waals surface area contributed by atoms with E-state index in [1.54, 1.807) is 12.1 Å². The SMILES string of the molecule is CCC(C)c1ccc(OCCCCc2ccc(S(=O)(=O)O)cc2)cc1. The van der Waals surface area contributed by atoms with Gasteiger partial charge in [0.1, 0.15) is 5.75 Å². The van der Waals surface area contributed by atoms with E-state index in [0.717, 1.165) is 37.0 Å². The van der Waals surface area contributed by atoms with E-state index in [1.807, 2.05) is 12.1 Å². The van der Waals surface area contributed by atoms with Crippen molar-refractivity contribution in [2.75, 3.05) is 6.61 Å². The van der Waals surface area contributed by atoms with Gasteiger partial charge in [0.2, 0.25) is 0 Å². The highest BCUT2D eigenvalue weighted by atomic mass is 32.2. The van der Waals surface area contributed by atoms with Gasteiger partial charge in [0.25, 0.3) is 10.1 Å². The van der Waals surface area contributed by atoms with Crippen LogP contribution in [0.4, 0.5) is 0 Å². The van der Waals surface area contributed by atoms with Crippen molar-refractivity contribution in [1.29, 1.82) is 0 Å². The van der Waals surface area contributed by atoms with Gasteiger partial charge in [0.15, 0.2) is 0 Å². The highest BCUT2D eigenvalue weighted by molar-refractivity contribution is 7.85. The van der Waals surface area contributed by atoms with Crippen molar-refractivity contribution in [3.63, 3.8) is 0 Å². The quantitative estimate of drug-likeness (QED) is 0.512. The first kappa shape index (κ1) is 19.5. The first-order valence-corrected chi connectivity index (χ1v) is 10.1. The topological polar surface area (TPSA) is 63.6 Å². The summed E-state index contributed by atoms with van der Waals surface area (Å²) in [6.45, 7) is 5.06. The fourth-order valence-electron chi connectivity index (χ4n) is 2.58. The third-order valence-electron chi connectivity index (χ3n) is 4.41. The van der Waals surface area contributed by atoms with E-state index in [9.17, 15) is 8.42 Å². The summed E-state index contributed by atoms with van der Waals surface area (Å²) in [6, 6.07) is 14.6. The molecule has 5 heteroatoms. The minimum Gasteiger partial charge on any atom is -0.494 e. The van der Waals surface area contributed by atoms with Crippen molar-refractivity contribution >= 4 is 10.1 Å². The lowest BCUT2D eigenvalue weighted by molar-refractivity contribution is 0.307. The number of ether oxygens (including phenoxy) is 1. The molecule has 0 saturated heterocycles. The Labute approximate surface area is 150 Å². The van der Waals surface area contributed by atoms with E-state index in [1.165, 1.54) is 17.7 Å². The van der Waals surface area contributed by atoms with Gasteiger partial charge in [-0.3, -0.25) is 4.55 Å². The molecule has 0 heterocycles. The fraction of sp³-hybridized carbons (Fsp3) is 0.400. The van der Waals surface area contributed by atoms with Crippen LogP contribution in [0.1, 0.15) is 50.2 Å². The summed E-state index contributed by atoms with van der Waals surface area (Å²) < 4.78 is 36.7. The molecular formula is C20H26O4S. The first-order chi connectivity index (χ1) is 11.9. The molecule has 1 N–H and O–H groups in total. The van der Waals surface area contributed by atoms with E-state index < -0.39 is 10.1 Å². The van der Waals surface area contributed by atoms with Crippen molar-refractivity contribution in [3.8, 4) is 5.75 Å². The highest BCUT2D eigenvalue weighted by Gasteiger charge is 2.08. The van der Waals surface area contributed by atoms with E-state index in [-0.39, 0.29) is 4.90 Å². The van der Waals surface area contributed by atoms with Gasteiger partial charge in [0, 0.05) is 0 Å². The Bertz CT molecular complexity index is 749. The molecule has 1 atom stereocenters. The maximum absolute atomic E-state index is 11.0. The zero-order valence-electron chi connectivity index (χ0n) is 14.8. The molecule has 2 rings (SSSR count). The number of unbranched alkanes of at least 4 members (excludes halogenated alkanes) is 1. The Hall–Kier alpha value is -1.85. The molecular weight excluding hydrogens is 336 g/mol. The van der Waals surface area contributed by atoms with E-state index >= 15 is 0 Å². The zero-order chi connectivity index (χ0) is 18.3. The number of benzene rings is 2. The molecule has 4 nitrogen and oxygen atoms in total. The Balaban J connectivity index is 1.71. The predicted octanol–water partition coefficient (Wildman–Crippen LogP) is 4.85. The van der Waals surface area contributed by atoms with Gasteiger partial charge < -0.3 is 4.74 Å². The van der Waals surface area contributed by atoms with Crippen LogP contribution in [0.2, 0.25) is 0 Å². The summed E-state index contributed by atoms with van der Waals surface area (Å²) in [5.74, 6) is 1.46. The largest absolute Gasteiger partial charge is 0.494 e. The first-order valence-electron chi connectivity index (χ1n) is 8.69. The van der Waals surface area contributed by atoms with E-state index in [2.05, 4.69) is 26.0 Å². The molecule has 2 aromatic rings.